The first-order chi connectivity index (χ1) is 9.19. The van der Waals surface area contributed by atoms with E-state index in [0.717, 1.165) is 30.6 Å². The smallest absolute Gasteiger partial charge is 0.161 e. The summed E-state index contributed by atoms with van der Waals surface area (Å²) < 4.78 is 11.3. The predicted octanol–water partition coefficient (Wildman–Crippen LogP) is 3.37. The van der Waals surface area contributed by atoms with E-state index in [9.17, 15) is 0 Å². The van der Waals surface area contributed by atoms with E-state index >= 15 is 0 Å². The number of hydrogen-bond acceptors (Lipinski definition) is 3. The van der Waals surface area contributed by atoms with Gasteiger partial charge in [-0.3, -0.25) is 0 Å². The van der Waals surface area contributed by atoms with Gasteiger partial charge in [0.05, 0.1) is 13.7 Å². The molecule has 1 aliphatic carbocycles. The molecular weight excluding hydrogens is 238 g/mol. The van der Waals surface area contributed by atoms with Gasteiger partial charge in [0.1, 0.15) is 0 Å². The van der Waals surface area contributed by atoms with Crippen LogP contribution in [0.2, 0.25) is 0 Å². The minimum absolute atomic E-state index is 0.487. The van der Waals surface area contributed by atoms with Crippen molar-refractivity contribution in [1.82, 2.24) is 5.32 Å². The van der Waals surface area contributed by atoms with Gasteiger partial charge in [-0.1, -0.05) is 26.3 Å². The molecule has 0 unspecified atom stereocenters. The van der Waals surface area contributed by atoms with Crippen molar-refractivity contribution in [2.75, 3.05) is 13.7 Å². The minimum Gasteiger partial charge on any atom is -0.493 e. The van der Waals surface area contributed by atoms with Gasteiger partial charge in [0, 0.05) is 12.6 Å². The lowest BCUT2D eigenvalue weighted by Crippen LogP contribution is -2.22. The molecule has 1 aliphatic rings. The lowest BCUT2D eigenvalue weighted by atomic mass is 9.86. The van der Waals surface area contributed by atoms with E-state index in [0.29, 0.717) is 6.04 Å². The molecule has 1 N–H and O–H groups in total. The van der Waals surface area contributed by atoms with E-state index in [-0.39, 0.29) is 0 Å². The third kappa shape index (κ3) is 4.13. The second-order valence-corrected chi connectivity index (χ2v) is 5.63. The van der Waals surface area contributed by atoms with Crippen LogP contribution in [-0.4, -0.2) is 19.8 Å². The summed E-state index contributed by atoms with van der Waals surface area (Å²) in [7, 11) is 1.69. The molecule has 0 saturated heterocycles. The fourth-order valence-electron chi connectivity index (χ4n) is 2.13. The van der Waals surface area contributed by atoms with Gasteiger partial charge in [-0.05, 0) is 36.5 Å². The molecule has 3 nitrogen and oxygen atoms in total. The fourth-order valence-corrected chi connectivity index (χ4v) is 2.13. The van der Waals surface area contributed by atoms with Crippen LogP contribution in [-0.2, 0) is 6.54 Å². The topological polar surface area (TPSA) is 30.5 Å². The highest BCUT2D eigenvalue weighted by Gasteiger charge is 2.18. The highest BCUT2D eigenvalue weighted by molar-refractivity contribution is 5.43. The molecule has 0 radical (unpaired) electrons. The first-order valence-corrected chi connectivity index (χ1v) is 7.22. The van der Waals surface area contributed by atoms with Crippen LogP contribution in [0.5, 0.6) is 11.5 Å². The Labute approximate surface area is 116 Å². The first kappa shape index (κ1) is 14.2. The molecular formula is C16H25NO2. The zero-order chi connectivity index (χ0) is 13.7. The molecule has 1 fully saturated rings. The van der Waals surface area contributed by atoms with Crippen LogP contribution in [0.4, 0.5) is 0 Å². The summed E-state index contributed by atoms with van der Waals surface area (Å²) in [5.41, 5.74) is 1.23. The lowest BCUT2D eigenvalue weighted by molar-refractivity contribution is 0.176. The van der Waals surface area contributed by atoms with Crippen LogP contribution >= 0.6 is 0 Å². The van der Waals surface area contributed by atoms with Gasteiger partial charge >= 0.3 is 0 Å². The Bertz CT molecular complexity index is 400. The summed E-state index contributed by atoms with van der Waals surface area (Å²) in [6, 6.07) is 6.66. The Balaban J connectivity index is 1.97. The molecule has 19 heavy (non-hydrogen) atoms. The Morgan fingerprint density at radius 1 is 1.26 bits per heavy atom. The van der Waals surface area contributed by atoms with Crippen molar-refractivity contribution in [3.8, 4) is 11.5 Å². The summed E-state index contributed by atoms with van der Waals surface area (Å²) in [6.07, 6.45) is 3.96. The quantitative estimate of drug-likeness (QED) is 0.818. The molecule has 0 aromatic heterocycles. The molecule has 3 heteroatoms. The van der Waals surface area contributed by atoms with Gasteiger partial charge in [0.25, 0.3) is 0 Å². The number of benzene rings is 1. The maximum absolute atomic E-state index is 5.93. The van der Waals surface area contributed by atoms with Crippen molar-refractivity contribution in [3.63, 3.8) is 0 Å². The molecule has 0 bridgehead atoms. The van der Waals surface area contributed by atoms with Crippen LogP contribution in [0, 0.1) is 5.92 Å². The zero-order valence-electron chi connectivity index (χ0n) is 12.2. The molecule has 0 spiro atoms. The molecule has 106 valence electrons. The summed E-state index contributed by atoms with van der Waals surface area (Å²) in [4.78, 5) is 0. The molecule has 1 aromatic rings. The van der Waals surface area contributed by atoms with Gasteiger partial charge < -0.3 is 14.8 Å². The maximum atomic E-state index is 5.93. The normalized spacial score (nSPS) is 15.4. The van der Waals surface area contributed by atoms with E-state index in [1.54, 1.807) is 7.11 Å². The van der Waals surface area contributed by atoms with Crippen LogP contribution < -0.4 is 14.8 Å². The molecule has 1 aromatic carbocycles. The van der Waals surface area contributed by atoms with E-state index in [2.05, 4.69) is 31.3 Å². The summed E-state index contributed by atoms with van der Waals surface area (Å²) in [6.45, 7) is 5.98. The van der Waals surface area contributed by atoms with Crippen molar-refractivity contribution in [2.45, 2.75) is 45.7 Å². The first-order valence-electron chi connectivity index (χ1n) is 7.22. The maximum Gasteiger partial charge on any atom is 0.161 e. The highest BCUT2D eigenvalue weighted by atomic mass is 16.5. The van der Waals surface area contributed by atoms with Crippen molar-refractivity contribution in [1.29, 1.82) is 0 Å². The number of ether oxygens (including phenoxy) is 2. The molecule has 1 saturated carbocycles. The third-order valence-electron chi connectivity index (χ3n) is 3.64. The van der Waals surface area contributed by atoms with Gasteiger partial charge in [0.2, 0.25) is 0 Å². The van der Waals surface area contributed by atoms with Crippen molar-refractivity contribution >= 4 is 0 Å². The largest absolute Gasteiger partial charge is 0.493 e. The molecule has 2 rings (SSSR count). The molecule has 0 atom stereocenters. The number of methoxy groups -OCH3 is 1. The van der Waals surface area contributed by atoms with Gasteiger partial charge in [-0.15, -0.1) is 0 Å². The molecule has 0 amide bonds. The van der Waals surface area contributed by atoms with Gasteiger partial charge in [0.15, 0.2) is 11.5 Å². The fraction of sp³-hybridized carbons (Fsp3) is 0.625. The van der Waals surface area contributed by atoms with E-state index in [1.807, 2.05) is 6.07 Å². The lowest BCUT2D eigenvalue weighted by Gasteiger charge is -2.25. The van der Waals surface area contributed by atoms with E-state index in [1.165, 1.54) is 24.8 Å². The van der Waals surface area contributed by atoms with E-state index in [4.69, 9.17) is 9.47 Å². The number of nitrogens with one attached hydrogen (secondary N) is 1. The van der Waals surface area contributed by atoms with Crippen molar-refractivity contribution in [3.05, 3.63) is 23.8 Å². The van der Waals surface area contributed by atoms with Crippen LogP contribution in [0.25, 0.3) is 0 Å². The van der Waals surface area contributed by atoms with Crippen LogP contribution in [0.3, 0.4) is 0 Å². The monoisotopic (exact) mass is 263 g/mol. The average molecular weight is 263 g/mol. The second kappa shape index (κ2) is 6.80. The Kier molecular flexibility index (Phi) is 5.08. The molecule has 0 aliphatic heterocycles. The van der Waals surface area contributed by atoms with Gasteiger partial charge in [-0.25, -0.2) is 0 Å². The standard InChI is InChI=1S/C16H25NO2/c1-12(2)17-10-14-7-8-15(18-3)16(9-14)19-11-13-5-4-6-13/h7-9,12-13,17H,4-6,10-11H2,1-3H3. The average Bonchev–Trinajstić information content (AvgIpc) is 2.34. The Hall–Kier alpha value is -1.22. The molecule has 0 heterocycles. The Morgan fingerprint density at radius 2 is 2.05 bits per heavy atom. The van der Waals surface area contributed by atoms with Crippen molar-refractivity contribution < 1.29 is 9.47 Å². The van der Waals surface area contributed by atoms with Crippen LogP contribution in [0.1, 0.15) is 38.7 Å². The SMILES string of the molecule is COc1ccc(CNC(C)C)cc1OCC1CCC1. The third-order valence-corrected chi connectivity index (χ3v) is 3.64. The summed E-state index contributed by atoms with van der Waals surface area (Å²) in [5.74, 6) is 2.44. The van der Waals surface area contributed by atoms with Crippen molar-refractivity contribution in [2.24, 2.45) is 5.92 Å². The summed E-state index contributed by atoms with van der Waals surface area (Å²) in [5, 5.41) is 3.42. The number of rotatable bonds is 7. The summed E-state index contributed by atoms with van der Waals surface area (Å²) >= 11 is 0. The van der Waals surface area contributed by atoms with E-state index < -0.39 is 0 Å². The Morgan fingerprint density at radius 3 is 2.63 bits per heavy atom. The zero-order valence-corrected chi connectivity index (χ0v) is 12.2. The van der Waals surface area contributed by atoms with Gasteiger partial charge in [-0.2, -0.15) is 0 Å². The number of hydrogen-bond donors (Lipinski definition) is 1. The second-order valence-electron chi connectivity index (χ2n) is 5.63. The minimum atomic E-state index is 0.487. The predicted molar refractivity (Wildman–Crippen MR) is 77.8 cm³/mol. The van der Waals surface area contributed by atoms with Crippen LogP contribution in [0.15, 0.2) is 18.2 Å². The highest BCUT2D eigenvalue weighted by Crippen LogP contribution is 2.31.